The summed E-state index contributed by atoms with van der Waals surface area (Å²) in [4.78, 5) is 14.8. The summed E-state index contributed by atoms with van der Waals surface area (Å²) >= 11 is 0. The molecule has 1 aliphatic rings. The molecule has 0 atom stereocenters. The third-order valence-corrected chi connectivity index (χ3v) is 7.14. The molecule has 1 fully saturated rings. The number of piperidine rings is 1. The maximum Gasteiger partial charge on any atom is 0.257 e. The third kappa shape index (κ3) is 4.60. The summed E-state index contributed by atoms with van der Waals surface area (Å²) in [5, 5.41) is 0. The number of amides is 1. The molecule has 0 bridgehead atoms. The highest BCUT2D eigenvalue weighted by molar-refractivity contribution is 7.89. The van der Waals surface area contributed by atoms with Crippen molar-refractivity contribution >= 4 is 15.9 Å². The largest absolute Gasteiger partial charge is 0.496 e. The molecule has 2 aromatic rings. The number of likely N-dealkylation sites (tertiary alicyclic amines) is 1. The molecule has 0 radical (unpaired) electrons. The van der Waals surface area contributed by atoms with Crippen LogP contribution in [0.3, 0.4) is 0 Å². The Hall–Kier alpha value is -2.58. The predicted molar refractivity (Wildman–Crippen MR) is 114 cm³/mol. The highest BCUT2D eigenvalue weighted by Gasteiger charge is 2.27. The molecule has 0 N–H and O–H groups in total. The van der Waals surface area contributed by atoms with Crippen LogP contribution >= 0.6 is 0 Å². The van der Waals surface area contributed by atoms with Gasteiger partial charge in [0.1, 0.15) is 11.5 Å². The fourth-order valence-electron chi connectivity index (χ4n) is 3.62. The first-order valence-electron chi connectivity index (χ1n) is 9.94. The lowest BCUT2D eigenvalue weighted by Crippen LogP contribution is -2.36. The summed E-state index contributed by atoms with van der Waals surface area (Å²) in [7, 11) is 0.717. The van der Waals surface area contributed by atoms with Gasteiger partial charge in [-0.1, -0.05) is 18.2 Å². The maximum atomic E-state index is 13.2. The van der Waals surface area contributed by atoms with Crippen molar-refractivity contribution in [3.8, 4) is 11.5 Å². The van der Waals surface area contributed by atoms with E-state index in [2.05, 4.69) is 0 Å². The Morgan fingerprint density at radius 2 is 1.67 bits per heavy atom. The SMILES string of the molecule is COc1ccccc1CN(C)S(=O)(=O)c1ccc(OC)c(C(=O)N2CCCCC2)c1. The Kier molecular flexibility index (Phi) is 6.99. The first kappa shape index (κ1) is 22.1. The summed E-state index contributed by atoms with van der Waals surface area (Å²) in [5.74, 6) is 0.795. The minimum absolute atomic E-state index is 0.0565. The molecule has 0 aromatic heterocycles. The minimum Gasteiger partial charge on any atom is -0.496 e. The van der Waals surface area contributed by atoms with Crippen molar-refractivity contribution in [1.82, 2.24) is 9.21 Å². The molecule has 0 unspecified atom stereocenters. The van der Waals surface area contributed by atoms with Crippen LogP contribution in [0.5, 0.6) is 11.5 Å². The van der Waals surface area contributed by atoms with Gasteiger partial charge in [-0.3, -0.25) is 4.79 Å². The lowest BCUT2D eigenvalue weighted by atomic mass is 10.1. The molecule has 162 valence electrons. The molecule has 7 nitrogen and oxygen atoms in total. The zero-order valence-corrected chi connectivity index (χ0v) is 18.4. The maximum absolute atomic E-state index is 13.2. The Morgan fingerprint density at radius 1 is 1.00 bits per heavy atom. The van der Waals surface area contributed by atoms with Gasteiger partial charge in [0, 0.05) is 32.2 Å². The second-order valence-corrected chi connectivity index (χ2v) is 9.33. The zero-order chi connectivity index (χ0) is 21.7. The highest BCUT2D eigenvalue weighted by Crippen LogP contribution is 2.28. The Bertz CT molecular complexity index is 1000. The summed E-state index contributed by atoms with van der Waals surface area (Å²) in [6.45, 7) is 1.49. The monoisotopic (exact) mass is 432 g/mol. The van der Waals surface area contributed by atoms with E-state index in [4.69, 9.17) is 9.47 Å². The second-order valence-electron chi connectivity index (χ2n) is 7.29. The number of carbonyl (C=O) groups excluding carboxylic acids is 1. The smallest absolute Gasteiger partial charge is 0.257 e. The van der Waals surface area contributed by atoms with E-state index in [1.54, 1.807) is 24.1 Å². The van der Waals surface area contributed by atoms with E-state index >= 15 is 0 Å². The van der Waals surface area contributed by atoms with E-state index in [1.165, 1.54) is 30.6 Å². The Labute approximate surface area is 178 Å². The normalized spacial score (nSPS) is 14.6. The lowest BCUT2D eigenvalue weighted by molar-refractivity contribution is 0.0720. The predicted octanol–water partition coefficient (Wildman–Crippen LogP) is 3.15. The number of sulfonamides is 1. The van der Waals surface area contributed by atoms with Gasteiger partial charge in [0.2, 0.25) is 10.0 Å². The summed E-state index contributed by atoms with van der Waals surface area (Å²) in [5.41, 5.74) is 1.02. The highest BCUT2D eigenvalue weighted by atomic mass is 32.2. The molecule has 0 spiro atoms. The number of carbonyl (C=O) groups is 1. The number of nitrogens with zero attached hydrogens (tertiary/aromatic N) is 2. The molecule has 1 heterocycles. The van der Waals surface area contributed by atoms with Crippen LogP contribution in [-0.4, -0.2) is 57.9 Å². The fourth-order valence-corrected chi connectivity index (χ4v) is 4.80. The van der Waals surface area contributed by atoms with Gasteiger partial charge in [0.25, 0.3) is 5.91 Å². The number of para-hydroxylation sites is 1. The topological polar surface area (TPSA) is 76.1 Å². The number of hydrogen-bond acceptors (Lipinski definition) is 5. The first-order valence-corrected chi connectivity index (χ1v) is 11.4. The van der Waals surface area contributed by atoms with Crippen LogP contribution in [0.15, 0.2) is 47.4 Å². The minimum atomic E-state index is -3.82. The van der Waals surface area contributed by atoms with E-state index in [9.17, 15) is 13.2 Å². The van der Waals surface area contributed by atoms with Crippen LogP contribution in [0, 0.1) is 0 Å². The molecular formula is C22H28N2O5S. The van der Waals surface area contributed by atoms with E-state index in [0.29, 0.717) is 24.6 Å². The van der Waals surface area contributed by atoms with E-state index in [0.717, 1.165) is 24.8 Å². The van der Waals surface area contributed by atoms with Crippen LogP contribution in [0.4, 0.5) is 0 Å². The molecular weight excluding hydrogens is 404 g/mol. The standard InChI is InChI=1S/C22H28N2O5S/c1-23(16-17-9-5-6-10-20(17)28-2)30(26,27)18-11-12-21(29-3)19(15-18)22(25)24-13-7-4-8-14-24/h5-6,9-12,15H,4,7-8,13-14,16H2,1-3H3. The summed E-state index contributed by atoms with van der Waals surface area (Å²) in [6.07, 6.45) is 3.00. The molecule has 30 heavy (non-hydrogen) atoms. The molecule has 1 aliphatic heterocycles. The Balaban J connectivity index is 1.90. The van der Waals surface area contributed by atoms with Crippen LogP contribution in [0.2, 0.25) is 0 Å². The van der Waals surface area contributed by atoms with Crippen molar-refractivity contribution in [2.24, 2.45) is 0 Å². The zero-order valence-electron chi connectivity index (χ0n) is 17.6. The van der Waals surface area contributed by atoms with Gasteiger partial charge in [-0.15, -0.1) is 0 Å². The molecule has 1 amide bonds. The van der Waals surface area contributed by atoms with Gasteiger partial charge >= 0.3 is 0 Å². The molecule has 8 heteroatoms. The second kappa shape index (κ2) is 9.49. The number of benzene rings is 2. The van der Waals surface area contributed by atoms with Crippen molar-refractivity contribution < 1.29 is 22.7 Å². The fraction of sp³-hybridized carbons (Fsp3) is 0.409. The van der Waals surface area contributed by atoms with E-state index < -0.39 is 10.0 Å². The Morgan fingerprint density at radius 3 is 2.33 bits per heavy atom. The average Bonchev–Trinajstić information content (AvgIpc) is 2.79. The molecule has 3 rings (SSSR count). The van der Waals surface area contributed by atoms with Crippen molar-refractivity contribution in [2.45, 2.75) is 30.7 Å². The van der Waals surface area contributed by atoms with Crippen molar-refractivity contribution in [1.29, 1.82) is 0 Å². The number of methoxy groups -OCH3 is 2. The first-order chi connectivity index (χ1) is 14.4. The van der Waals surface area contributed by atoms with Gasteiger partial charge in [0.05, 0.1) is 24.7 Å². The van der Waals surface area contributed by atoms with Crippen molar-refractivity contribution in [2.75, 3.05) is 34.4 Å². The number of ether oxygens (including phenoxy) is 2. The molecule has 0 aliphatic carbocycles. The number of rotatable bonds is 7. The summed E-state index contributed by atoms with van der Waals surface area (Å²) < 4.78 is 38.3. The summed E-state index contributed by atoms with van der Waals surface area (Å²) in [6, 6.07) is 11.7. The third-order valence-electron chi connectivity index (χ3n) is 5.34. The van der Waals surface area contributed by atoms with E-state index in [-0.39, 0.29) is 22.9 Å². The van der Waals surface area contributed by atoms with E-state index in [1.807, 2.05) is 18.2 Å². The van der Waals surface area contributed by atoms with Crippen LogP contribution in [0.25, 0.3) is 0 Å². The van der Waals surface area contributed by atoms with Crippen molar-refractivity contribution in [3.05, 3.63) is 53.6 Å². The number of hydrogen-bond donors (Lipinski definition) is 0. The van der Waals surface area contributed by atoms with Gasteiger partial charge in [-0.05, 0) is 43.5 Å². The van der Waals surface area contributed by atoms with Gasteiger partial charge < -0.3 is 14.4 Å². The van der Waals surface area contributed by atoms with Gasteiger partial charge in [-0.25, -0.2) is 8.42 Å². The molecule has 0 saturated carbocycles. The van der Waals surface area contributed by atoms with Crippen LogP contribution in [-0.2, 0) is 16.6 Å². The van der Waals surface area contributed by atoms with Gasteiger partial charge in [-0.2, -0.15) is 4.31 Å². The van der Waals surface area contributed by atoms with Crippen LogP contribution < -0.4 is 9.47 Å². The van der Waals surface area contributed by atoms with Gasteiger partial charge in [0.15, 0.2) is 0 Å². The molecule has 2 aromatic carbocycles. The quantitative estimate of drug-likeness (QED) is 0.672. The lowest BCUT2D eigenvalue weighted by Gasteiger charge is -2.27. The van der Waals surface area contributed by atoms with Crippen molar-refractivity contribution in [3.63, 3.8) is 0 Å². The molecule has 1 saturated heterocycles. The van der Waals surface area contributed by atoms with Crippen LogP contribution in [0.1, 0.15) is 35.2 Å². The average molecular weight is 433 g/mol.